The number of aromatic nitrogens is 2. The number of carbonyl (C=O) groups excluding carboxylic acids is 1. The van der Waals surface area contributed by atoms with Gasteiger partial charge in [-0.1, -0.05) is 19.6 Å². The van der Waals surface area contributed by atoms with Crippen LogP contribution in [-0.2, 0) is 4.74 Å². The van der Waals surface area contributed by atoms with Gasteiger partial charge in [-0.2, -0.15) is 0 Å². The molecule has 2 heterocycles. The lowest BCUT2D eigenvalue weighted by Gasteiger charge is -2.31. The first-order valence-electron chi connectivity index (χ1n) is 10.4. The van der Waals surface area contributed by atoms with E-state index in [-0.39, 0.29) is 30.4 Å². The molecule has 0 aliphatic rings. The maximum atomic E-state index is 12.6. The summed E-state index contributed by atoms with van der Waals surface area (Å²) >= 11 is 0. The molecular formula is C24H33BN2O7. The van der Waals surface area contributed by atoms with Crippen LogP contribution < -0.4 is 10.9 Å². The molecule has 0 saturated carbocycles. The Balaban J connectivity index is 0.000000556. The number of pyridine rings is 2. The largest absolute Gasteiger partial charge is 0.488 e. The van der Waals surface area contributed by atoms with Gasteiger partial charge in [-0.05, 0) is 64.3 Å². The second-order valence-corrected chi connectivity index (χ2v) is 8.42. The molecule has 1 aromatic carbocycles. The average molecular weight is 472 g/mol. The van der Waals surface area contributed by atoms with Crippen molar-refractivity contribution in [3.05, 3.63) is 64.6 Å². The number of hydrogen-bond donors (Lipinski definition) is 4. The number of ether oxygens (including phenoxy) is 1. The molecule has 0 fully saturated rings. The van der Waals surface area contributed by atoms with Gasteiger partial charge in [-0.25, -0.2) is 9.78 Å². The number of esters is 1. The quantitative estimate of drug-likeness (QED) is 0.323. The number of carbonyl (C=O) groups is 1. The van der Waals surface area contributed by atoms with E-state index in [2.05, 4.69) is 4.98 Å². The third kappa shape index (κ3) is 6.74. The van der Waals surface area contributed by atoms with E-state index in [4.69, 9.17) is 14.9 Å². The molecule has 0 bridgehead atoms. The minimum absolute atomic E-state index is 0. The van der Waals surface area contributed by atoms with Crippen molar-refractivity contribution >= 4 is 29.6 Å². The molecule has 3 aromatic rings. The standard InChI is InChI=1S/C17H15BN2O5.C6H14O2.CH4/c1-2-25-17(22)14-10-20(12-6-3-5-11(9-12)18(23)24)16-13(15(14)21)7-4-8-19-16;1-5(2,7)6(3,4)8;/h3-10,23-24H,2H2,1H3;7-8H,1-4H3;1H4. The van der Waals surface area contributed by atoms with Crippen LogP contribution in [-0.4, -0.2) is 60.7 Å². The number of nitrogens with zero attached hydrogens (tertiary/aromatic N) is 2. The highest BCUT2D eigenvalue weighted by Crippen LogP contribution is 2.19. The van der Waals surface area contributed by atoms with Crippen LogP contribution >= 0.6 is 0 Å². The van der Waals surface area contributed by atoms with Crippen LogP contribution in [0.2, 0.25) is 0 Å². The van der Waals surface area contributed by atoms with Crippen molar-refractivity contribution in [3.8, 4) is 5.69 Å². The maximum absolute atomic E-state index is 12.6. The zero-order chi connectivity index (χ0) is 25.0. The monoisotopic (exact) mass is 472 g/mol. The first-order chi connectivity index (χ1) is 15.3. The van der Waals surface area contributed by atoms with Crippen LogP contribution in [0.1, 0.15) is 52.4 Å². The van der Waals surface area contributed by atoms with Crippen molar-refractivity contribution < 1.29 is 29.8 Å². The molecule has 10 heteroatoms. The summed E-state index contributed by atoms with van der Waals surface area (Å²) in [6.07, 6.45) is 2.89. The molecule has 3 rings (SSSR count). The first kappa shape index (κ1) is 29.0. The number of aliphatic hydroxyl groups is 2. The molecule has 2 aromatic heterocycles. The molecular weight excluding hydrogens is 439 g/mol. The molecule has 0 saturated heterocycles. The number of hydrogen-bond acceptors (Lipinski definition) is 8. The topological polar surface area (TPSA) is 142 Å². The van der Waals surface area contributed by atoms with E-state index < -0.39 is 29.7 Å². The number of fused-ring (bicyclic) bond motifs is 1. The first-order valence-corrected chi connectivity index (χ1v) is 10.4. The third-order valence-electron chi connectivity index (χ3n) is 5.20. The van der Waals surface area contributed by atoms with E-state index in [0.717, 1.165) is 0 Å². The molecule has 0 unspecified atom stereocenters. The Kier molecular flexibility index (Phi) is 9.71. The van der Waals surface area contributed by atoms with Crippen LogP contribution in [0, 0.1) is 0 Å². The molecule has 34 heavy (non-hydrogen) atoms. The van der Waals surface area contributed by atoms with Crippen LogP contribution in [0.3, 0.4) is 0 Å². The van der Waals surface area contributed by atoms with E-state index in [1.54, 1.807) is 69.5 Å². The molecule has 9 nitrogen and oxygen atoms in total. The predicted octanol–water partition coefficient (Wildman–Crippen LogP) is 1.41. The van der Waals surface area contributed by atoms with E-state index >= 15 is 0 Å². The summed E-state index contributed by atoms with van der Waals surface area (Å²) in [5, 5.41) is 37.2. The van der Waals surface area contributed by atoms with Crippen molar-refractivity contribution in [2.45, 2.75) is 53.2 Å². The highest BCUT2D eigenvalue weighted by Gasteiger charge is 2.32. The SMILES string of the molecule is C.CC(C)(O)C(C)(C)O.CCOC(=O)c1cn(-c2cccc(B(O)O)c2)c2ncccc2c1=O. The minimum Gasteiger partial charge on any atom is -0.462 e. The Hall–Kier alpha value is -3.05. The number of rotatable bonds is 5. The summed E-state index contributed by atoms with van der Waals surface area (Å²) in [6.45, 7) is 8.11. The van der Waals surface area contributed by atoms with E-state index in [1.807, 2.05) is 0 Å². The second kappa shape index (κ2) is 11.4. The Labute approximate surface area is 199 Å². The van der Waals surface area contributed by atoms with Crippen LogP contribution in [0.4, 0.5) is 0 Å². The third-order valence-corrected chi connectivity index (χ3v) is 5.20. The highest BCUT2D eigenvalue weighted by molar-refractivity contribution is 6.58. The van der Waals surface area contributed by atoms with Crippen molar-refractivity contribution in [1.29, 1.82) is 0 Å². The summed E-state index contributed by atoms with van der Waals surface area (Å²) in [6, 6.07) is 9.63. The summed E-state index contributed by atoms with van der Waals surface area (Å²) in [7, 11) is -1.64. The Morgan fingerprint density at radius 2 is 1.71 bits per heavy atom. The molecule has 184 valence electrons. The molecule has 0 aliphatic carbocycles. The molecule has 0 spiro atoms. The lowest BCUT2D eigenvalue weighted by atomic mass is 9.80. The fourth-order valence-corrected chi connectivity index (χ4v) is 2.55. The summed E-state index contributed by atoms with van der Waals surface area (Å²) < 4.78 is 6.51. The van der Waals surface area contributed by atoms with Gasteiger partial charge in [-0.15, -0.1) is 0 Å². The zero-order valence-corrected chi connectivity index (χ0v) is 19.3. The second-order valence-electron chi connectivity index (χ2n) is 8.42. The van der Waals surface area contributed by atoms with Crippen LogP contribution in [0.5, 0.6) is 0 Å². The summed E-state index contributed by atoms with van der Waals surface area (Å²) in [5.41, 5.74) is -1.43. The van der Waals surface area contributed by atoms with Gasteiger partial charge in [0.2, 0.25) is 5.43 Å². The van der Waals surface area contributed by atoms with Gasteiger partial charge < -0.3 is 29.6 Å². The lowest BCUT2D eigenvalue weighted by molar-refractivity contribution is -0.107. The maximum Gasteiger partial charge on any atom is 0.488 e. The summed E-state index contributed by atoms with van der Waals surface area (Å²) in [4.78, 5) is 28.9. The minimum atomic E-state index is -1.64. The molecule has 0 amide bonds. The van der Waals surface area contributed by atoms with Crippen LogP contribution in [0.25, 0.3) is 16.7 Å². The van der Waals surface area contributed by atoms with Gasteiger partial charge in [0.15, 0.2) is 0 Å². The lowest BCUT2D eigenvalue weighted by Crippen LogP contribution is -2.44. The predicted molar refractivity (Wildman–Crippen MR) is 132 cm³/mol. The van der Waals surface area contributed by atoms with E-state index in [0.29, 0.717) is 11.3 Å². The van der Waals surface area contributed by atoms with Crippen LogP contribution in [0.15, 0.2) is 53.6 Å². The van der Waals surface area contributed by atoms with Gasteiger partial charge >= 0.3 is 13.1 Å². The normalized spacial score (nSPS) is 11.2. The van der Waals surface area contributed by atoms with Crippen molar-refractivity contribution in [3.63, 3.8) is 0 Å². The molecule has 0 aliphatic heterocycles. The Morgan fingerprint density at radius 1 is 1.09 bits per heavy atom. The van der Waals surface area contributed by atoms with Crippen molar-refractivity contribution in [2.75, 3.05) is 6.61 Å². The van der Waals surface area contributed by atoms with Gasteiger partial charge in [0.05, 0.1) is 23.2 Å². The highest BCUT2D eigenvalue weighted by atomic mass is 16.5. The smallest absolute Gasteiger partial charge is 0.462 e. The Bertz CT molecular complexity index is 1170. The van der Waals surface area contributed by atoms with Gasteiger partial charge in [0, 0.05) is 18.1 Å². The molecule has 0 atom stereocenters. The average Bonchev–Trinajstić information content (AvgIpc) is 2.73. The Morgan fingerprint density at radius 3 is 2.24 bits per heavy atom. The van der Waals surface area contributed by atoms with Gasteiger partial charge in [0.1, 0.15) is 11.2 Å². The fraction of sp³-hybridized carbons (Fsp3) is 0.375. The van der Waals surface area contributed by atoms with Crippen molar-refractivity contribution in [1.82, 2.24) is 9.55 Å². The molecule has 4 N–H and O–H groups in total. The zero-order valence-electron chi connectivity index (χ0n) is 19.3. The van der Waals surface area contributed by atoms with Gasteiger partial charge in [-0.3, -0.25) is 4.79 Å². The molecule has 0 radical (unpaired) electrons. The van der Waals surface area contributed by atoms with Crippen molar-refractivity contribution in [2.24, 2.45) is 0 Å². The van der Waals surface area contributed by atoms with E-state index in [9.17, 15) is 19.6 Å². The van der Waals surface area contributed by atoms with Gasteiger partial charge in [0.25, 0.3) is 0 Å². The number of benzene rings is 1. The van der Waals surface area contributed by atoms with E-state index in [1.165, 1.54) is 18.5 Å². The fourth-order valence-electron chi connectivity index (χ4n) is 2.55. The summed E-state index contributed by atoms with van der Waals surface area (Å²) in [5.74, 6) is -0.717.